The monoisotopic (exact) mass is 228 g/mol. The van der Waals surface area contributed by atoms with E-state index in [0.29, 0.717) is 25.0 Å². The molecule has 1 aliphatic heterocycles. The molecule has 1 aliphatic rings. The van der Waals surface area contributed by atoms with Crippen LogP contribution in [0.15, 0.2) is 0 Å². The highest BCUT2D eigenvalue weighted by molar-refractivity contribution is 5.76. The van der Waals surface area contributed by atoms with Crippen LogP contribution in [0, 0.1) is 5.92 Å². The summed E-state index contributed by atoms with van der Waals surface area (Å²) >= 11 is 0. The fourth-order valence-corrected chi connectivity index (χ4v) is 2.11. The maximum atomic E-state index is 11.7. The molecule has 1 fully saturated rings. The zero-order valence-corrected chi connectivity index (χ0v) is 10.4. The molecule has 1 rings (SSSR count). The number of hydrogen-bond acceptors (Lipinski definition) is 3. The van der Waals surface area contributed by atoms with E-state index in [1.807, 2.05) is 6.92 Å². The van der Waals surface area contributed by atoms with Crippen LogP contribution in [0.3, 0.4) is 0 Å². The van der Waals surface area contributed by atoms with Gasteiger partial charge in [-0.3, -0.25) is 4.79 Å². The van der Waals surface area contributed by atoms with Crippen LogP contribution in [-0.2, 0) is 9.53 Å². The Hall–Kier alpha value is -0.610. The summed E-state index contributed by atoms with van der Waals surface area (Å²) in [7, 11) is 1.67. The average Bonchev–Trinajstić information content (AvgIpc) is 2.46. The van der Waals surface area contributed by atoms with Crippen molar-refractivity contribution >= 4 is 5.91 Å². The van der Waals surface area contributed by atoms with E-state index in [-0.39, 0.29) is 5.91 Å². The third kappa shape index (κ3) is 5.47. The van der Waals surface area contributed by atoms with E-state index in [1.54, 1.807) is 7.11 Å². The lowest BCUT2D eigenvalue weighted by atomic mass is 10.1. The first kappa shape index (κ1) is 13.5. The van der Waals surface area contributed by atoms with Gasteiger partial charge in [-0.1, -0.05) is 6.92 Å². The summed E-state index contributed by atoms with van der Waals surface area (Å²) in [6.45, 7) is 4.78. The van der Waals surface area contributed by atoms with Crippen molar-refractivity contribution < 1.29 is 9.53 Å². The van der Waals surface area contributed by atoms with Gasteiger partial charge >= 0.3 is 0 Å². The Labute approximate surface area is 98.1 Å². The lowest BCUT2D eigenvalue weighted by Gasteiger charge is -2.17. The molecule has 0 aliphatic carbocycles. The Morgan fingerprint density at radius 3 is 3.06 bits per heavy atom. The standard InChI is InChI=1S/C12H24N2O2/c1-10(9-16-2)8-12(15)14-11-4-3-6-13-7-5-11/h10-11,13H,3-9H2,1-2H3,(H,14,15). The summed E-state index contributed by atoms with van der Waals surface area (Å²) in [6.07, 6.45) is 3.86. The number of carbonyl (C=O) groups is 1. The Bertz CT molecular complexity index is 201. The van der Waals surface area contributed by atoms with E-state index in [9.17, 15) is 4.79 Å². The van der Waals surface area contributed by atoms with Crippen molar-refractivity contribution in [3.63, 3.8) is 0 Å². The summed E-state index contributed by atoms with van der Waals surface area (Å²) in [5, 5.41) is 6.45. The number of rotatable bonds is 5. The van der Waals surface area contributed by atoms with Crippen molar-refractivity contribution in [1.29, 1.82) is 0 Å². The van der Waals surface area contributed by atoms with Crippen molar-refractivity contribution in [3.05, 3.63) is 0 Å². The molecule has 0 radical (unpaired) electrons. The molecule has 0 aromatic rings. The SMILES string of the molecule is COCC(C)CC(=O)NC1CCCNCC1. The predicted molar refractivity (Wildman–Crippen MR) is 64.3 cm³/mol. The van der Waals surface area contributed by atoms with Gasteiger partial charge in [-0.25, -0.2) is 0 Å². The summed E-state index contributed by atoms with van der Waals surface area (Å²) < 4.78 is 5.02. The molecule has 0 aromatic heterocycles. The van der Waals surface area contributed by atoms with E-state index in [0.717, 1.165) is 32.4 Å². The van der Waals surface area contributed by atoms with Gasteiger partial charge in [0.25, 0.3) is 0 Å². The summed E-state index contributed by atoms with van der Waals surface area (Å²) in [6, 6.07) is 0.359. The Balaban J connectivity index is 2.21. The first-order chi connectivity index (χ1) is 7.72. The van der Waals surface area contributed by atoms with Gasteiger partial charge in [-0.2, -0.15) is 0 Å². The van der Waals surface area contributed by atoms with Crippen molar-refractivity contribution in [2.24, 2.45) is 5.92 Å². The number of carbonyl (C=O) groups excluding carboxylic acids is 1. The molecule has 0 spiro atoms. The topological polar surface area (TPSA) is 50.4 Å². The lowest BCUT2D eigenvalue weighted by Crippen LogP contribution is -2.36. The van der Waals surface area contributed by atoms with Crippen LogP contribution in [0.4, 0.5) is 0 Å². The zero-order chi connectivity index (χ0) is 11.8. The number of ether oxygens (including phenoxy) is 1. The molecule has 16 heavy (non-hydrogen) atoms. The van der Waals surface area contributed by atoms with Gasteiger partial charge in [0.2, 0.25) is 5.91 Å². The van der Waals surface area contributed by atoms with Crippen LogP contribution in [-0.4, -0.2) is 38.8 Å². The van der Waals surface area contributed by atoms with Crippen molar-refractivity contribution in [2.45, 2.75) is 38.6 Å². The second-order valence-electron chi connectivity index (χ2n) is 4.71. The molecule has 2 atom stereocenters. The fraction of sp³-hybridized carbons (Fsp3) is 0.917. The average molecular weight is 228 g/mol. The first-order valence-corrected chi connectivity index (χ1v) is 6.21. The summed E-state index contributed by atoms with van der Waals surface area (Å²) in [5.41, 5.74) is 0. The molecule has 0 aromatic carbocycles. The van der Waals surface area contributed by atoms with Gasteiger partial charge < -0.3 is 15.4 Å². The van der Waals surface area contributed by atoms with Gasteiger partial charge in [0.15, 0.2) is 0 Å². The highest BCUT2D eigenvalue weighted by atomic mass is 16.5. The van der Waals surface area contributed by atoms with E-state index in [2.05, 4.69) is 10.6 Å². The number of methoxy groups -OCH3 is 1. The minimum absolute atomic E-state index is 0.163. The van der Waals surface area contributed by atoms with Crippen LogP contribution in [0.25, 0.3) is 0 Å². The molecule has 0 saturated carbocycles. The maximum Gasteiger partial charge on any atom is 0.220 e. The van der Waals surface area contributed by atoms with Crippen LogP contribution in [0.2, 0.25) is 0 Å². The summed E-state index contributed by atoms with van der Waals surface area (Å²) in [4.78, 5) is 11.7. The molecular weight excluding hydrogens is 204 g/mol. The number of amides is 1. The normalized spacial score (nSPS) is 23.5. The third-order valence-corrected chi connectivity index (χ3v) is 2.93. The van der Waals surface area contributed by atoms with Gasteiger partial charge in [-0.05, 0) is 38.3 Å². The molecule has 0 bridgehead atoms. The molecule has 2 N–H and O–H groups in total. The smallest absolute Gasteiger partial charge is 0.220 e. The molecule has 2 unspecified atom stereocenters. The quantitative estimate of drug-likeness (QED) is 0.735. The molecule has 1 heterocycles. The third-order valence-electron chi connectivity index (χ3n) is 2.93. The lowest BCUT2D eigenvalue weighted by molar-refractivity contribution is -0.123. The maximum absolute atomic E-state index is 11.7. The van der Waals surface area contributed by atoms with Crippen LogP contribution >= 0.6 is 0 Å². The van der Waals surface area contributed by atoms with Gasteiger partial charge in [0.1, 0.15) is 0 Å². The van der Waals surface area contributed by atoms with Crippen molar-refractivity contribution in [3.8, 4) is 0 Å². The first-order valence-electron chi connectivity index (χ1n) is 6.21. The van der Waals surface area contributed by atoms with Gasteiger partial charge in [-0.15, -0.1) is 0 Å². The minimum Gasteiger partial charge on any atom is -0.384 e. The second kappa shape index (κ2) is 7.63. The minimum atomic E-state index is 0.163. The summed E-state index contributed by atoms with van der Waals surface area (Å²) in [5.74, 6) is 0.463. The van der Waals surface area contributed by atoms with Crippen LogP contribution in [0.1, 0.15) is 32.6 Å². The fourth-order valence-electron chi connectivity index (χ4n) is 2.11. The highest BCUT2D eigenvalue weighted by Crippen LogP contribution is 2.07. The highest BCUT2D eigenvalue weighted by Gasteiger charge is 2.15. The Morgan fingerprint density at radius 2 is 2.31 bits per heavy atom. The van der Waals surface area contributed by atoms with Gasteiger partial charge in [0, 0.05) is 26.2 Å². The van der Waals surface area contributed by atoms with Crippen LogP contribution < -0.4 is 10.6 Å². The number of hydrogen-bond donors (Lipinski definition) is 2. The largest absolute Gasteiger partial charge is 0.384 e. The van der Waals surface area contributed by atoms with E-state index < -0.39 is 0 Å². The van der Waals surface area contributed by atoms with E-state index in [1.165, 1.54) is 0 Å². The van der Waals surface area contributed by atoms with Crippen molar-refractivity contribution in [2.75, 3.05) is 26.8 Å². The Morgan fingerprint density at radius 1 is 1.50 bits per heavy atom. The number of nitrogens with one attached hydrogen (secondary N) is 2. The molecule has 1 amide bonds. The molecule has 94 valence electrons. The zero-order valence-electron chi connectivity index (χ0n) is 10.4. The van der Waals surface area contributed by atoms with E-state index in [4.69, 9.17) is 4.74 Å². The predicted octanol–water partition coefficient (Wildman–Crippen LogP) is 0.917. The second-order valence-corrected chi connectivity index (χ2v) is 4.71. The van der Waals surface area contributed by atoms with Crippen molar-refractivity contribution in [1.82, 2.24) is 10.6 Å². The molecular formula is C12H24N2O2. The molecule has 1 saturated heterocycles. The molecule has 4 nitrogen and oxygen atoms in total. The Kier molecular flexibility index (Phi) is 6.42. The van der Waals surface area contributed by atoms with E-state index >= 15 is 0 Å². The molecule has 4 heteroatoms. The van der Waals surface area contributed by atoms with Crippen LogP contribution in [0.5, 0.6) is 0 Å². The van der Waals surface area contributed by atoms with Gasteiger partial charge in [0.05, 0.1) is 0 Å².